The monoisotopic (exact) mass is 322 g/mol. The maximum absolute atomic E-state index is 12.8. The van der Waals surface area contributed by atoms with E-state index >= 15 is 0 Å². The summed E-state index contributed by atoms with van der Waals surface area (Å²) < 4.78 is 12.2. The van der Waals surface area contributed by atoms with Gasteiger partial charge >= 0.3 is 5.97 Å². The minimum atomic E-state index is -1.34. The van der Waals surface area contributed by atoms with Gasteiger partial charge in [0.05, 0.1) is 25.8 Å². The molecule has 23 heavy (non-hydrogen) atoms. The highest BCUT2D eigenvalue weighted by molar-refractivity contribution is 5.98. The molecule has 2 aliphatic rings. The second kappa shape index (κ2) is 5.69. The zero-order valence-electron chi connectivity index (χ0n) is 12.9. The molecule has 1 aromatic rings. The number of carboxylic acid groups (broad SMARTS) is 1. The van der Waals surface area contributed by atoms with Crippen LogP contribution in [-0.2, 0) is 4.74 Å². The van der Waals surface area contributed by atoms with Crippen molar-refractivity contribution in [3.63, 3.8) is 0 Å². The van der Waals surface area contributed by atoms with Gasteiger partial charge in [0.25, 0.3) is 5.91 Å². The number of hydrogen-bond donors (Lipinski definition) is 1. The van der Waals surface area contributed by atoms with Crippen molar-refractivity contribution in [2.75, 3.05) is 26.9 Å². The summed E-state index contributed by atoms with van der Waals surface area (Å²) in [6.07, 6.45) is 1.89. The van der Waals surface area contributed by atoms with Gasteiger partial charge in [0.1, 0.15) is 5.56 Å². The van der Waals surface area contributed by atoms with E-state index in [9.17, 15) is 19.5 Å². The summed E-state index contributed by atoms with van der Waals surface area (Å²) in [5.41, 5.74) is -1.05. The molecule has 0 aliphatic carbocycles. The number of pyridine rings is 1. The number of likely N-dealkylation sites (N-methyl/N-ethyl adjacent to an activating group) is 1. The van der Waals surface area contributed by atoms with E-state index in [-0.39, 0.29) is 29.4 Å². The lowest BCUT2D eigenvalue weighted by atomic mass is 9.96. The lowest BCUT2D eigenvalue weighted by molar-refractivity contribution is -0.0176. The molecule has 2 atom stereocenters. The number of hydrogen-bond acceptors (Lipinski definition) is 5. The van der Waals surface area contributed by atoms with Crippen LogP contribution in [0, 0.1) is 0 Å². The lowest BCUT2D eigenvalue weighted by Gasteiger charge is -2.45. The van der Waals surface area contributed by atoms with Gasteiger partial charge < -0.3 is 24.0 Å². The summed E-state index contributed by atoms with van der Waals surface area (Å²) in [4.78, 5) is 38.1. The number of ether oxygens (including phenoxy) is 2. The predicted molar refractivity (Wildman–Crippen MR) is 79.2 cm³/mol. The molecule has 8 nitrogen and oxygen atoms in total. The Kier molecular flexibility index (Phi) is 3.85. The topological polar surface area (TPSA) is 98.1 Å². The van der Waals surface area contributed by atoms with E-state index in [2.05, 4.69) is 0 Å². The standard InChI is InChI=1S/C15H18N2O6/c1-3-16-10-7-23-5-4-9(10)17-6-8(15(20)21)12(18)13(22-2)11(17)14(16)19/h6,9-10H,3-5,7H2,1-2H3,(H,20,21)/t9-,10-/m1/s1. The molecule has 1 saturated heterocycles. The Morgan fingerprint density at radius 1 is 1.43 bits per heavy atom. The number of fused-ring (bicyclic) bond motifs is 3. The quantitative estimate of drug-likeness (QED) is 0.863. The van der Waals surface area contributed by atoms with Crippen molar-refractivity contribution in [1.82, 2.24) is 9.47 Å². The third kappa shape index (κ3) is 2.21. The second-order valence-electron chi connectivity index (χ2n) is 5.56. The number of methoxy groups -OCH3 is 1. The van der Waals surface area contributed by atoms with E-state index < -0.39 is 17.0 Å². The van der Waals surface area contributed by atoms with Crippen LogP contribution in [0.5, 0.6) is 5.75 Å². The van der Waals surface area contributed by atoms with Crippen LogP contribution in [0.25, 0.3) is 0 Å². The van der Waals surface area contributed by atoms with Crippen LogP contribution < -0.4 is 10.2 Å². The van der Waals surface area contributed by atoms with E-state index in [1.165, 1.54) is 13.3 Å². The van der Waals surface area contributed by atoms with Crippen molar-refractivity contribution in [3.05, 3.63) is 27.7 Å². The first-order valence-corrected chi connectivity index (χ1v) is 7.46. The van der Waals surface area contributed by atoms with E-state index in [1.807, 2.05) is 6.92 Å². The molecule has 1 N–H and O–H groups in total. The molecule has 0 radical (unpaired) electrons. The number of nitrogens with zero attached hydrogens (tertiary/aromatic N) is 2. The van der Waals surface area contributed by atoms with Crippen molar-refractivity contribution in [2.45, 2.75) is 25.4 Å². The third-order valence-electron chi connectivity index (χ3n) is 4.48. The average Bonchev–Trinajstić information content (AvgIpc) is 2.54. The average molecular weight is 322 g/mol. The largest absolute Gasteiger partial charge is 0.491 e. The van der Waals surface area contributed by atoms with Gasteiger partial charge in [0.15, 0.2) is 11.4 Å². The Hall–Kier alpha value is -2.35. The third-order valence-corrected chi connectivity index (χ3v) is 4.48. The normalized spacial score (nSPS) is 23.2. The number of amides is 1. The van der Waals surface area contributed by atoms with E-state index in [0.717, 1.165) is 0 Å². The van der Waals surface area contributed by atoms with Crippen LogP contribution in [-0.4, -0.2) is 59.4 Å². The van der Waals surface area contributed by atoms with Crippen molar-refractivity contribution < 1.29 is 24.2 Å². The summed E-state index contributed by atoms with van der Waals surface area (Å²) in [5, 5.41) is 9.26. The summed E-state index contributed by atoms with van der Waals surface area (Å²) in [7, 11) is 1.27. The maximum atomic E-state index is 12.8. The first kappa shape index (κ1) is 15.5. The van der Waals surface area contributed by atoms with Crippen molar-refractivity contribution in [2.24, 2.45) is 0 Å². The Morgan fingerprint density at radius 3 is 2.78 bits per heavy atom. The predicted octanol–water partition coefficient (Wildman–Crippen LogP) is 0.361. The van der Waals surface area contributed by atoms with Gasteiger partial charge in [-0.05, 0) is 13.3 Å². The molecule has 0 bridgehead atoms. The molecular weight excluding hydrogens is 304 g/mol. The number of aromatic carboxylic acids is 1. The molecule has 3 heterocycles. The smallest absolute Gasteiger partial charge is 0.341 e. The zero-order valence-corrected chi connectivity index (χ0v) is 12.9. The minimum absolute atomic E-state index is 0.118. The molecule has 0 aromatic carbocycles. The first-order chi connectivity index (χ1) is 11.0. The number of rotatable bonds is 3. The van der Waals surface area contributed by atoms with Gasteiger partial charge in [-0.25, -0.2) is 4.79 Å². The van der Waals surface area contributed by atoms with Crippen LogP contribution in [0.2, 0.25) is 0 Å². The fourth-order valence-electron chi connectivity index (χ4n) is 3.42. The highest BCUT2D eigenvalue weighted by Crippen LogP contribution is 2.35. The van der Waals surface area contributed by atoms with Crippen molar-refractivity contribution in [1.29, 1.82) is 0 Å². The van der Waals surface area contributed by atoms with Gasteiger partial charge in [0, 0.05) is 19.3 Å². The molecule has 0 spiro atoms. The molecule has 3 rings (SSSR count). The second-order valence-corrected chi connectivity index (χ2v) is 5.56. The highest BCUT2D eigenvalue weighted by atomic mass is 16.5. The van der Waals surface area contributed by atoms with Crippen LogP contribution in [0.15, 0.2) is 11.0 Å². The number of carboxylic acids is 1. The molecule has 0 saturated carbocycles. The van der Waals surface area contributed by atoms with Gasteiger partial charge in [-0.2, -0.15) is 0 Å². The Morgan fingerprint density at radius 2 is 2.17 bits per heavy atom. The summed E-state index contributed by atoms with van der Waals surface area (Å²) in [6, 6.07) is -0.313. The van der Waals surface area contributed by atoms with Gasteiger partial charge in [-0.1, -0.05) is 0 Å². The van der Waals surface area contributed by atoms with Gasteiger partial charge in [-0.15, -0.1) is 0 Å². The first-order valence-electron chi connectivity index (χ1n) is 7.46. The van der Waals surface area contributed by atoms with Crippen LogP contribution in [0.1, 0.15) is 40.2 Å². The van der Waals surface area contributed by atoms with E-state index in [4.69, 9.17) is 9.47 Å². The van der Waals surface area contributed by atoms with Crippen molar-refractivity contribution in [3.8, 4) is 5.75 Å². The Bertz CT molecular complexity index is 725. The number of aromatic nitrogens is 1. The summed E-state index contributed by atoms with van der Waals surface area (Å²) >= 11 is 0. The summed E-state index contributed by atoms with van der Waals surface area (Å²) in [5.74, 6) is -1.89. The highest BCUT2D eigenvalue weighted by Gasteiger charge is 2.43. The fraction of sp³-hybridized carbons (Fsp3) is 0.533. The molecule has 8 heteroatoms. The van der Waals surface area contributed by atoms with Gasteiger partial charge in [0.2, 0.25) is 5.43 Å². The maximum Gasteiger partial charge on any atom is 0.341 e. The van der Waals surface area contributed by atoms with Crippen molar-refractivity contribution >= 4 is 11.9 Å². The SMILES string of the molecule is CCN1C(=O)c2c(OC)c(=O)c(C(=O)O)cn2[C@@H]2CCOC[C@H]21. The zero-order chi connectivity index (χ0) is 16.7. The molecule has 2 aliphatic heterocycles. The molecule has 124 valence electrons. The Balaban J connectivity index is 2.29. The summed E-state index contributed by atoms with van der Waals surface area (Å²) in [6.45, 7) is 3.24. The fourth-order valence-corrected chi connectivity index (χ4v) is 3.42. The van der Waals surface area contributed by atoms with Crippen LogP contribution >= 0.6 is 0 Å². The van der Waals surface area contributed by atoms with E-state index in [0.29, 0.717) is 26.2 Å². The van der Waals surface area contributed by atoms with Crippen LogP contribution in [0.3, 0.4) is 0 Å². The lowest BCUT2D eigenvalue weighted by Crippen LogP contribution is -2.55. The molecule has 1 aromatic heterocycles. The molecule has 1 amide bonds. The van der Waals surface area contributed by atoms with Gasteiger partial charge in [-0.3, -0.25) is 9.59 Å². The van der Waals surface area contributed by atoms with E-state index in [1.54, 1.807) is 9.47 Å². The molecule has 0 unspecified atom stereocenters. The number of carbonyl (C=O) groups excluding carboxylic acids is 1. The number of carbonyl (C=O) groups is 2. The molecular formula is C15H18N2O6. The Labute approximate surface area is 132 Å². The van der Waals surface area contributed by atoms with Crippen LogP contribution in [0.4, 0.5) is 0 Å². The molecule has 1 fully saturated rings. The minimum Gasteiger partial charge on any atom is -0.491 e.